The lowest BCUT2D eigenvalue weighted by atomic mass is 9.96. The van der Waals surface area contributed by atoms with Crippen LogP contribution in [0, 0.1) is 17.2 Å². The molecule has 0 saturated carbocycles. The van der Waals surface area contributed by atoms with Crippen molar-refractivity contribution < 1.29 is 4.74 Å². The smallest absolute Gasteiger partial charge is 0.123 e. The summed E-state index contributed by atoms with van der Waals surface area (Å²) in [5.74, 6) is 1.69. The summed E-state index contributed by atoms with van der Waals surface area (Å²) in [7, 11) is 5.98. The van der Waals surface area contributed by atoms with Gasteiger partial charge in [-0.15, -0.1) is 0 Å². The van der Waals surface area contributed by atoms with Gasteiger partial charge in [0.2, 0.25) is 0 Å². The summed E-state index contributed by atoms with van der Waals surface area (Å²) >= 11 is 0. The van der Waals surface area contributed by atoms with Crippen molar-refractivity contribution in [3.05, 3.63) is 29.3 Å². The molecule has 0 N–H and O–H groups in total. The normalized spacial score (nSPS) is 16.9. The van der Waals surface area contributed by atoms with E-state index in [9.17, 15) is 0 Å². The summed E-state index contributed by atoms with van der Waals surface area (Å²) in [6, 6.07) is 7.86. The van der Waals surface area contributed by atoms with Crippen molar-refractivity contribution >= 4 is 0 Å². The van der Waals surface area contributed by atoms with Crippen molar-refractivity contribution in [1.29, 1.82) is 5.26 Å². The molecule has 0 radical (unpaired) electrons. The SMILES string of the molecule is COc1ccc(C#N)cc1CN1CCC(CN(C)C)CC1. The summed E-state index contributed by atoms with van der Waals surface area (Å²) in [6.45, 7) is 4.30. The summed E-state index contributed by atoms with van der Waals surface area (Å²) in [4.78, 5) is 4.74. The molecule has 4 heteroatoms. The van der Waals surface area contributed by atoms with Crippen molar-refractivity contribution in [2.75, 3.05) is 40.8 Å². The molecule has 1 heterocycles. The molecule has 1 fully saturated rings. The Morgan fingerprint density at radius 2 is 2.05 bits per heavy atom. The van der Waals surface area contributed by atoms with Crippen LogP contribution in [0.25, 0.3) is 0 Å². The van der Waals surface area contributed by atoms with Gasteiger partial charge in [0.15, 0.2) is 0 Å². The Balaban J connectivity index is 1.95. The Morgan fingerprint density at radius 3 is 2.62 bits per heavy atom. The Hall–Kier alpha value is -1.57. The van der Waals surface area contributed by atoms with Crippen LogP contribution >= 0.6 is 0 Å². The molecule has 1 aromatic rings. The van der Waals surface area contributed by atoms with Crippen LogP contribution in [0.4, 0.5) is 0 Å². The average molecular weight is 287 g/mol. The number of methoxy groups -OCH3 is 1. The maximum absolute atomic E-state index is 9.04. The van der Waals surface area contributed by atoms with E-state index in [1.54, 1.807) is 7.11 Å². The maximum Gasteiger partial charge on any atom is 0.123 e. The quantitative estimate of drug-likeness (QED) is 0.833. The summed E-state index contributed by atoms with van der Waals surface area (Å²) < 4.78 is 5.42. The first-order valence-electron chi connectivity index (χ1n) is 7.56. The van der Waals surface area contributed by atoms with Gasteiger partial charge in [0.1, 0.15) is 5.75 Å². The zero-order chi connectivity index (χ0) is 15.2. The number of likely N-dealkylation sites (tertiary alicyclic amines) is 1. The lowest BCUT2D eigenvalue weighted by Gasteiger charge is -2.33. The highest BCUT2D eigenvalue weighted by atomic mass is 16.5. The zero-order valence-corrected chi connectivity index (χ0v) is 13.3. The Labute approximate surface area is 127 Å². The topological polar surface area (TPSA) is 39.5 Å². The fraction of sp³-hybridized carbons (Fsp3) is 0.588. The number of nitrogens with zero attached hydrogens (tertiary/aromatic N) is 3. The lowest BCUT2D eigenvalue weighted by Crippen LogP contribution is -2.36. The highest BCUT2D eigenvalue weighted by Crippen LogP contribution is 2.24. The van der Waals surface area contributed by atoms with Crippen LogP contribution in [-0.4, -0.2) is 50.6 Å². The van der Waals surface area contributed by atoms with E-state index in [1.165, 1.54) is 19.4 Å². The minimum Gasteiger partial charge on any atom is -0.496 e. The Morgan fingerprint density at radius 1 is 1.33 bits per heavy atom. The van der Waals surface area contributed by atoms with Crippen molar-refractivity contribution in [3.63, 3.8) is 0 Å². The third kappa shape index (κ3) is 4.45. The van der Waals surface area contributed by atoms with Gasteiger partial charge in [-0.2, -0.15) is 5.26 Å². The number of benzene rings is 1. The summed E-state index contributed by atoms with van der Waals surface area (Å²) in [5.41, 5.74) is 1.82. The van der Waals surface area contributed by atoms with E-state index < -0.39 is 0 Å². The third-order valence-electron chi connectivity index (χ3n) is 4.13. The molecule has 1 saturated heterocycles. The van der Waals surface area contributed by atoms with Crippen molar-refractivity contribution in [3.8, 4) is 11.8 Å². The van der Waals surface area contributed by atoms with Gasteiger partial charge in [-0.1, -0.05) is 0 Å². The highest BCUT2D eigenvalue weighted by molar-refractivity contribution is 5.42. The highest BCUT2D eigenvalue weighted by Gasteiger charge is 2.20. The molecule has 4 nitrogen and oxygen atoms in total. The van der Waals surface area contributed by atoms with Gasteiger partial charge in [0.25, 0.3) is 0 Å². The van der Waals surface area contributed by atoms with E-state index in [1.807, 2.05) is 18.2 Å². The molecule has 0 unspecified atom stereocenters. The lowest BCUT2D eigenvalue weighted by molar-refractivity contribution is 0.156. The number of rotatable bonds is 5. The molecule has 2 rings (SSSR count). The second-order valence-electron chi connectivity index (χ2n) is 6.12. The van der Waals surface area contributed by atoms with Gasteiger partial charge >= 0.3 is 0 Å². The van der Waals surface area contributed by atoms with Crippen LogP contribution in [-0.2, 0) is 6.54 Å². The van der Waals surface area contributed by atoms with Crippen LogP contribution in [0.1, 0.15) is 24.0 Å². The standard InChI is InChI=1S/C17H25N3O/c1-19(2)12-14-6-8-20(9-7-14)13-16-10-15(11-18)4-5-17(16)21-3/h4-5,10,14H,6-9,12-13H2,1-3H3. The van der Waals surface area contributed by atoms with Gasteiger partial charge in [0, 0.05) is 18.7 Å². The number of ether oxygens (including phenoxy) is 1. The first-order chi connectivity index (χ1) is 10.1. The molecule has 1 aliphatic heterocycles. The number of piperidine rings is 1. The van der Waals surface area contributed by atoms with Crippen LogP contribution in [0.2, 0.25) is 0 Å². The predicted octanol–water partition coefficient (Wildman–Crippen LogP) is 2.34. The maximum atomic E-state index is 9.04. The molecule has 0 aromatic heterocycles. The minimum absolute atomic E-state index is 0.702. The third-order valence-corrected chi connectivity index (χ3v) is 4.13. The first-order valence-corrected chi connectivity index (χ1v) is 7.56. The van der Waals surface area contributed by atoms with Crippen molar-refractivity contribution in [2.45, 2.75) is 19.4 Å². The molecule has 0 aliphatic carbocycles. The van der Waals surface area contributed by atoms with E-state index in [0.717, 1.165) is 36.9 Å². The fourth-order valence-corrected chi connectivity index (χ4v) is 3.06. The Bertz CT molecular complexity index is 499. The molecular weight excluding hydrogens is 262 g/mol. The summed E-state index contributed by atoms with van der Waals surface area (Å²) in [5, 5.41) is 9.04. The van der Waals surface area contributed by atoms with Crippen LogP contribution < -0.4 is 4.74 Å². The van der Waals surface area contributed by atoms with E-state index in [2.05, 4.69) is 30.0 Å². The summed E-state index contributed by atoms with van der Waals surface area (Å²) in [6.07, 6.45) is 2.50. The van der Waals surface area contributed by atoms with E-state index in [0.29, 0.717) is 5.56 Å². The zero-order valence-electron chi connectivity index (χ0n) is 13.3. The molecule has 0 amide bonds. The largest absolute Gasteiger partial charge is 0.496 e. The van der Waals surface area contributed by atoms with Gasteiger partial charge in [-0.05, 0) is 64.1 Å². The van der Waals surface area contributed by atoms with Crippen molar-refractivity contribution in [1.82, 2.24) is 9.80 Å². The van der Waals surface area contributed by atoms with E-state index in [-0.39, 0.29) is 0 Å². The van der Waals surface area contributed by atoms with Gasteiger partial charge in [-0.25, -0.2) is 0 Å². The molecule has 1 aliphatic rings. The molecular formula is C17H25N3O. The predicted molar refractivity (Wildman–Crippen MR) is 84.3 cm³/mol. The second kappa shape index (κ2) is 7.44. The fourth-order valence-electron chi connectivity index (χ4n) is 3.06. The van der Waals surface area contributed by atoms with Crippen LogP contribution in [0.5, 0.6) is 5.75 Å². The molecule has 0 bridgehead atoms. The van der Waals surface area contributed by atoms with Crippen LogP contribution in [0.15, 0.2) is 18.2 Å². The Kier molecular flexibility index (Phi) is 5.60. The van der Waals surface area contributed by atoms with Crippen LogP contribution in [0.3, 0.4) is 0 Å². The average Bonchev–Trinajstić information content (AvgIpc) is 2.48. The molecule has 21 heavy (non-hydrogen) atoms. The van der Waals surface area contributed by atoms with Gasteiger partial charge < -0.3 is 9.64 Å². The molecule has 114 valence electrons. The van der Waals surface area contributed by atoms with Gasteiger partial charge in [0.05, 0.1) is 18.7 Å². The number of hydrogen-bond donors (Lipinski definition) is 0. The monoisotopic (exact) mass is 287 g/mol. The first kappa shape index (κ1) is 15.8. The van der Waals surface area contributed by atoms with E-state index >= 15 is 0 Å². The molecule has 1 aromatic carbocycles. The van der Waals surface area contributed by atoms with E-state index in [4.69, 9.17) is 10.00 Å². The second-order valence-corrected chi connectivity index (χ2v) is 6.12. The number of nitriles is 1. The minimum atomic E-state index is 0.702. The molecule has 0 spiro atoms. The number of hydrogen-bond acceptors (Lipinski definition) is 4. The molecule has 0 atom stereocenters. The van der Waals surface area contributed by atoms with Crippen molar-refractivity contribution in [2.24, 2.45) is 5.92 Å². The van der Waals surface area contributed by atoms with Gasteiger partial charge in [-0.3, -0.25) is 4.90 Å².